The maximum Gasteiger partial charge on any atom is 0.419 e. The van der Waals surface area contributed by atoms with Crippen molar-refractivity contribution < 1.29 is 36.1 Å². The quantitative estimate of drug-likeness (QED) is 0.580. The van der Waals surface area contributed by atoms with Crippen LogP contribution < -0.4 is 10.2 Å². The van der Waals surface area contributed by atoms with Gasteiger partial charge in [0, 0.05) is 10.8 Å². The predicted octanol–water partition coefficient (Wildman–Crippen LogP) is 2.86. The number of hydrogen-bond donors (Lipinski definition) is 1. The number of methoxy groups -OCH3 is 1. The monoisotopic (exact) mass is 330 g/mol. The number of halogens is 5. The van der Waals surface area contributed by atoms with Gasteiger partial charge in [0.05, 0.1) is 12.7 Å². The van der Waals surface area contributed by atoms with Crippen molar-refractivity contribution in [3.8, 4) is 5.75 Å². The van der Waals surface area contributed by atoms with Gasteiger partial charge in [0.2, 0.25) is 5.82 Å². The van der Waals surface area contributed by atoms with Crippen LogP contribution in [0.2, 0.25) is 0 Å². The molecule has 1 aromatic heterocycles. The third kappa shape index (κ3) is 2.23. The van der Waals surface area contributed by atoms with E-state index >= 15 is 0 Å². The molecule has 0 aliphatic heterocycles. The van der Waals surface area contributed by atoms with Crippen LogP contribution in [0.5, 0.6) is 5.75 Å². The van der Waals surface area contributed by atoms with E-state index in [1.54, 1.807) is 0 Å². The van der Waals surface area contributed by atoms with Crippen LogP contribution in [0.1, 0.15) is 5.56 Å². The van der Waals surface area contributed by atoms with Gasteiger partial charge in [-0.25, -0.2) is 4.39 Å². The van der Waals surface area contributed by atoms with Crippen LogP contribution >= 0.6 is 0 Å². The molecule has 3 nitrogen and oxygen atoms in total. The molecule has 0 unspecified atom stereocenters. The van der Waals surface area contributed by atoms with Gasteiger partial charge in [-0.15, -0.1) is 0 Å². The third-order valence-electron chi connectivity index (χ3n) is 3.54. The Morgan fingerprint density at radius 1 is 1.13 bits per heavy atom. The molecule has 23 heavy (non-hydrogen) atoms. The molecule has 3 aromatic rings. The van der Waals surface area contributed by atoms with Crippen molar-refractivity contribution in [1.29, 1.82) is 0 Å². The molecular weight excluding hydrogens is 322 g/mol. The molecule has 0 spiro atoms. The molecule has 1 heterocycles. The summed E-state index contributed by atoms with van der Waals surface area (Å²) in [6.45, 7) is 0. The number of alkyl halides is 3. The first kappa shape index (κ1) is 15.6. The molecule has 0 aliphatic carbocycles. The summed E-state index contributed by atoms with van der Waals surface area (Å²) in [5.74, 6) is -2.88. The summed E-state index contributed by atoms with van der Waals surface area (Å²) in [6.07, 6.45) is -4.91. The molecule has 3 rings (SSSR count). The molecule has 2 aromatic carbocycles. The van der Waals surface area contributed by atoms with E-state index in [1.807, 2.05) is 0 Å². The van der Waals surface area contributed by atoms with Gasteiger partial charge in [0.1, 0.15) is 0 Å². The molecule has 0 atom stereocenters. The Kier molecular flexibility index (Phi) is 3.48. The Labute approximate surface area is 126 Å². The molecule has 0 amide bonds. The van der Waals surface area contributed by atoms with Gasteiger partial charge in [0.25, 0.3) is 0 Å². The van der Waals surface area contributed by atoms with Crippen LogP contribution in [0.3, 0.4) is 0 Å². The van der Waals surface area contributed by atoms with Crippen molar-refractivity contribution >= 4 is 34.9 Å². The van der Waals surface area contributed by atoms with Gasteiger partial charge < -0.3 is 14.2 Å². The number of ether oxygens (including phenoxy) is 1. The number of hydrogen-bond acceptors (Lipinski definition) is 3. The van der Waals surface area contributed by atoms with Crippen molar-refractivity contribution in [2.45, 2.75) is 6.18 Å². The summed E-state index contributed by atoms with van der Waals surface area (Å²) >= 11 is 0. The standard InChI is InChI=1S/C14H8BF5O3/c1-22-8-4-7(15-21)9-5-2-3-6(14(18,19)20)10(16)12(5)23-13(9)11(8)17/h2-4,15,21H,1H3. The second kappa shape index (κ2) is 5.12. The number of rotatable bonds is 2. The maximum absolute atomic E-state index is 14.2. The molecule has 9 heteroatoms. The first-order valence-corrected chi connectivity index (χ1v) is 6.37. The van der Waals surface area contributed by atoms with E-state index in [4.69, 9.17) is 9.15 Å². The largest absolute Gasteiger partial charge is 0.494 e. The molecule has 0 bridgehead atoms. The Morgan fingerprint density at radius 2 is 1.83 bits per heavy atom. The van der Waals surface area contributed by atoms with Crippen LogP contribution in [0.4, 0.5) is 22.0 Å². The smallest absolute Gasteiger partial charge is 0.419 e. The SMILES string of the molecule is COc1cc(BO)c2c(oc3c(F)c(C(F)(F)F)ccc32)c1F. The van der Waals surface area contributed by atoms with Gasteiger partial charge in [0.15, 0.2) is 22.7 Å². The zero-order valence-corrected chi connectivity index (χ0v) is 11.6. The van der Waals surface area contributed by atoms with Gasteiger partial charge >= 0.3 is 13.7 Å². The fourth-order valence-electron chi connectivity index (χ4n) is 2.50. The fourth-order valence-corrected chi connectivity index (χ4v) is 2.50. The first-order chi connectivity index (χ1) is 10.8. The molecule has 120 valence electrons. The van der Waals surface area contributed by atoms with E-state index < -0.39 is 42.0 Å². The summed E-state index contributed by atoms with van der Waals surface area (Å²) < 4.78 is 76.4. The van der Waals surface area contributed by atoms with Crippen LogP contribution in [-0.4, -0.2) is 19.6 Å². The lowest BCUT2D eigenvalue weighted by Crippen LogP contribution is -2.15. The lowest BCUT2D eigenvalue weighted by atomic mass is 9.84. The van der Waals surface area contributed by atoms with E-state index in [-0.39, 0.29) is 22.0 Å². The number of fused-ring (bicyclic) bond motifs is 3. The summed E-state index contributed by atoms with van der Waals surface area (Å²) in [6, 6.07) is 2.72. The Morgan fingerprint density at radius 3 is 2.39 bits per heavy atom. The van der Waals surface area contributed by atoms with Crippen LogP contribution in [0.25, 0.3) is 21.9 Å². The molecular formula is C14H8BF5O3. The zero-order chi connectivity index (χ0) is 16.9. The average Bonchev–Trinajstić information content (AvgIpc) is 2.88. The minimum Gasteiger partial charge on any atom is -0.494 e. The number of furan rings is 1. The highest BCUT2D eigenvalue weighted by Crippen LogP contribution is 2.39. The lowest BCUT2D eigenvalue weighted by molar-refractivity contribution is -0.139. The van der Waals surface area contributed by atoms with E-state index in [9.17, 15) is 27.0 Å². The minimum atomic E-state index is -4.91. The predicted molar refractivity (Wildman–Crippen MR) is 74.2 cm³/mol. The molecule has 0 saturated carbocycles. The van der Waals surface area contributed by atoms with Crippen molar-refractivity contribution in [2.75, 3.05) is 7.11 Å². The highest BCUT2D eigenvalue weighted by molar-refractivity contribution is 6.51. The van der Waals surface area contributed by atoms with Gasteiger partial charge in [-0.05, 0) is 23.7 Å². The summed E-state index contributed by atoms with van der Waals surface area (Å²) in [7, 11) is 0.626. The normalized spacial score (nSPS) is 12.1. The average molecular weight is 330 g/mol. The molecule has 0 aliphatic rings. The van der Waals surface area contributed by atoms with Crippen LogP contribution in [0, 0.1) is 11.6 Å². The van der Waals surface area contributed by atoms with Crippen molar-refractivity contribution in [3.05, 3.63) is 35.4 Å². The molecule has 0 fully saturated rings. The highest BCUT2D eigenvalue weighted by atomic mass is 19.4. The number of benzene rings is 2. The van der Waals surface area contributed by atoms with E-state index in [1.165, 1.54) is 13.2 Å². The molecule has 0 radical (unpaired) electrons. The summed E-state index contributed by atoms with van der Waals surface area (Å²) in [4.78, 5) is 0. The van der Waals surface area contributed by atoms with E-state index in [2.05, 4.69) is 0 Å². The first-order valence-electron chi connectivity index (χ1n) is 6.37. The van der Waals surface area contributed by atoms with Crippen molar-refractivity contribution in [2.24, 2.45) is 0 Å². The maximum atomic E-state index is 14.2. The fraction of sp³-hybridized carbons (Fsp3) is 0.143. The van der Waals surface area contributed by atoms with E-state index in [0.717, 1.165) is 6.07 Å². The van der Waals surface area contributed by atoms with Gasteiger partial charge in [-0.3, -0.25) is 0 Å². The second-order valence-electron chi connectivity index (χ2n) is 4.82. The van der Waals surface area contributed by atoms with E-state index in [0.29, 0.717) is 6.07 Å². The van der Waals surface area contributed by atoms with Crippen molar-refractivity contribution in [1.82, 2.24) is 0 Å². The van der Waals surface area contributed by atoms with Gasteiger partial charge in [-0.1, -0.05) is 0 Å². The third-order valence-corrected chi connectivity index (χ3v) is 3.54. The Hall–Kier alpha value is -2.29. The molecule has 1 N–H and O–H groups in total. The summed E-state index contributed by atoms with van der Waals surface area (Å²) in [5, 5.41) is 9.33. The van der Waals surface area contributed by atoms with Crippen molar-refractivity contribution in [3.63, 3.8) is 0 Å². The van der Waals surface area contributed by atoms with Gasteiger partial charge in [-0.2, -0.15) is 17.6 Å². The second-order valence-corrected chi connectivity index (χ2v) is 4.82. The topological polar surface area (TPSA) is 42.6 Å². The lowest BCUT2D eigenvalue weighted by Gasteiger charge is -2.07. The molecule has 0 saturated heterocycles. The Bertz CT molecular complexity index is 917. The minimum absolute atomic E-state index is 0.00780. The Balaban J connectivity index is 2.48. The van der Waals surface area contributed by atoms with Crippen LogP contribution in [-0.2, 0) is 6.18 Å². The highest BCUT2D eigenvalue weighted by Gasteiger charge is 2.36. The van der Waals surface area contributed by atoms with Crippen LogP contribution in [0.15, 0.2) is 22.6 Å². The summed E-state index contributed by atoms with van der Waals surface area (Å²) in [5.41, 5.74) is -2.56. The zero-order valence-electron chi connectivity index (χ0n) is 11.6.